The summed E-state index contributed by atoms with van der Waals surface area (Å²) >= 11 is 3.27. The standard InChI is InChI=1S/C15H13BrN2O2/c1-8-5-4-6-11(7-8)18-14-12(10(3)17-18)9(2)13(16)15(19)20-14/h4-7H,1-3H3. The number of rotatable bonds is 1. The summed E-state index contributed by atoms with van der Waals surface area (Å²) in [6.45, 7) is 5.81. The first kappa shape index (κ1) is 13.1. The quantitative estimate of drug-likeness (QED) is 0.683. The van der Waals surface area contributed by atoms with E-state index in [1.807, 2.05) is 45.0 Å². The molecule has 0 amide bonds. The molecule has 1 aromatic carbocycles. The van der Waals surface area contributed by atoms with Crippen LogP contribution in [0.1, 0.15) is 16.8 Å². The van der Waals surface area contributed by atoms with E-state index in [0.29, 0.717) is 10.2 Å². The van der Waals surface area contributed by atoms with Crippen molar-refractivity contribution < 1.29 is 4.42 Å². The number of halogens is 1. The molecule has 0 saturated carbocycles. The molecule has 0 saturated heterocycles. The van der Waals surface area contributed by atoms with Gasteiger partial charge in [-0.1, -0.05) is 12.1 Å². The Morgan fingerprint density at radius 1 is 1.25 bits per heavy atom. The summed E-state index contributed by atoms with van der Waals surface area (Å²) in [4.78, 5) is 11.9. The summed E-state index contributed by atoms with van der Waals surface area (Å²) in [7, 11) is 0. The first-order chi connectivity index (χ1) is 9.49. The highest BCUT2D eigenvalue weighted by molar-refractivity contribution is 9.10. The van der Waals surface area contributed by atoms with Gasteiger partial charge in [-0.2, -0.15) is 9.78 Å². The molecule has 0 aliphatic heterocycles. The van der Waals surface area contributed by atoms with Crippen molar-refractivity contribution in [2.24, 2.45) is 0 Å². The SMILES string of the molecule is Cc1cccc(-n2nc(C)c3c(C)c(Br)c(=O)oc32)c1. The van der Waals surface area contributed by atoms with E-state index in [1.54, 1.807) is 4.68 Å². The lowest BCUT2D eigenvalue weighted by atomic mass is 10.2. The summed E-state index contributed by atoms with van der Waals surface area (Å²) in [6.07, 6.45) is 0. The van der Waals surface area contributed by atoms with E-state index < -0.39 is 0 Å². The van der Waals surface area contributed by atoms with E-state index in [4.69, 9.17) is 4.42 Å². The molecule has 0 spiro atoms. The van der Waals surface area contributed by atoms with Crippen LogP contribution in [-0.2, 0) is 0 Å². The highest BCUT2D eigenvalue weighted by atomic mass is 79.9. The van der Waals surface area contributed by atoms with E-state index in [-0.39, 0.29) is 5.63 Å². The number of aromatic nitrogens is 2. The highest BCUT2D eigenvalue weighted by Gasteiger charge is 2.17. The fourth-order valence-corrected chi connectivity index (χ4v) is 2.64. The van der Waals surface area contributed by atoms with Gasteiger partial charge in [0.2, 0.25) is 5.71 Å². The van der Waals surface area contributed by atoms with E-state index >= 15 is 0 Å². The predicted octanol–water partition coefficient (Wildman–Crippen LogP) is 3.67. The van der Waals surface area contributed by atoms with Gasteiger partial charge >= 0.3 is 5.63 Å². The third-order valence-electron chi connectivity index (χ3n) is 3.34. The van der Waals surface area contributed by atoms with Crippen LogP contribution in [0.4, 0.5) is 0 Å². The molecule has 3 aromatic rings. The Hall–Kier alpha value is -1.88. The largest absolute Gasteiger partial charge is 0.403 e. The summed E-state index contributed by atoms with van der Waals surface area (Å²) in [5.74, 6) is 0. The second-order valence-electron chi connectivity index (χ2n) is 4.84. The summed E-state index contributed by atoms with van der Waals surface area (Å²) in [5.41, 5.74) is 3.80. The maximum Gasteiger partial charge on any atom is 0.352 e. The van der Waals surface area contributed by atoms with Gasteiger partial charge in [-0.25, -0.2) is 4.79 Å². The zero-order valence-corrected chi connectivity index (χ0v) is 13.0. The number of aryl methyl sites for hydroxylation is 3. The van der Waals surface area contributed by atoms with Crippen LogP contribution < -0.4 is 5.63 Å². The summed E-state index contributed by atoms with van der Waals surface area (Å²) < 4.78 is 7.55. The molecular weight excluding hydrogens is 320 g/mol. The van der Waals surface area contributed by atoms with E-state index in [0.717, 1.165) is 27.9 Å². The molecule has 0 aliphatic carbocycles. The fourth-order valence-electron chi connectivity index (χ4n) is 2.36. The van der Waals surface area contributed by atoms with Gasteiger partial charge in [0, 0.05) is 0 Å². The van der Waals surface area contributed by atoms with Crippen molar-refractivity contribution >= 4 is 27.0 Å². The number of hydrogen-bond donors (Lipinski definition) is 0. The Morgan fingerprint density at radius 3 is 2.70 bits per heavy atom. The van der Waals surface area contributed by atoms with Gasteiger partial charge in [-0.3, -0.25) is 0 Å². The van der Waals surface area contributed by atoms with Crippen molar-refractivity contribution in [3.8, 4) is 5.69 Å². The molecule has 2 heterocycles. The molecule has 0 aliphatic rings. The van der Waals surface area contributed by atoms with Crippen LogP contribution in [0.25, 0.3) is 16.8 Å². The molecule has 3 rings (SSSR count). The molecule has 0 N–H and O–H groups in total. The smallest absolute Gasteiger partial charge is 0.352 e. The maximum absolute atomic E-state index is 11.9. The monoisotopic (exact) mass is 332 g/mol. The fraction of sp³-hybridized carbons (Fsp3) is 0.200. The first-order valence-corrected chi connectivity index (χ1v) is 7.04. The lowest BCUT2D eigenvalue weighted by Gasteiger charge is -2.04. The van der Waals surface area contributed by atoms with Gasteiger partial charge in [0.1, 0.15) is 4.47 Å². The lowest BCUT2D eigenvalue weighted by Crippen LogP contribution is -2.04. The second-order valence-corrected chi connectivity index (χ2v) is 5.64. The lowest BCUT2D eigenvalue weighted by molar-refractivity contribution is 0.530. The second kappa shape index (κ2) is 4.59. The third kappa shape index (κ3) is 1.89. The van der Waals surface area contributed by atoms with Crippen LogP contribution in [0, 0.1) is 20.8 Å². The third-order valence-corrected chi connectivity index (χ3v) is 4.26. The minimum Gasteiger partial charge on any atom is -0.403 e. The van der Waals surface area contributed by atoms with E-state index in [2.05, 4.69) is 21.0 Å². The Balaban J connectivity index is 2.42. The van der Waals surface area contributed by atoms with Gasteiger partial charge in [0.25, 0.3) is 0 Å². The number of benzene rings is 1. The molecule has 2 aromatic heterocycles. The first-order valence-electron chi connectivity index (χ1n) is 6.24. The van der Waals surface area contributed by atoms with Crippen molar-refractivity contribution in [1.82, 2.24) is 9.78 Å². The molecule has 4 nitrogen and oxygen atoms in total. The van der Waals surface area contributed by atoms with Gasteiger partial charge in [-0.05, 0) is 60.0 Å². The molecule has 102 valence electrons. The van der Waals surface area contributed by atoms with E-state index in [9.17, 15) is 4.79 Å². The Morgan fingerprint density at radius 2 is 2.00 bits per heavy atom. The number of nitrogens with zero attached hydrogens (tertiary/aromatic N) is 2. The molecule has 0 bridgehead atoms. The van der Waals surface area contributed by atoms with Crippen molar-refractivity contribution in [2.75, 3.05) is 0 Å². The van der Waals surface area contributed by atoms with Crippen molar-refractivity contribution in [3.05, 3.63) is 56.0 Å². The number of hydrogen-bond acceptors (Lipinski definition) is 3. The average molecular weight is 333 g/mol. The Kier molecular flexibility index (Phi) is 3.01. The minimum atomic E-state index is -0.385. The summed E-state index contributed by atoms with van der Waals surface area (Å²) in [5, 5.41) is 5.38. The van der Waals surface area contributed by atoms with Crippen LogP contribution in [0.15, 0.2) is 37.9 Å². The molecule has 0 radical (unpaired) electrons. The van der Waals surface area contributed by atoms with Crippen LogP contribution in [0.3, 0.4) is 0 Å². The van der Waals surface area contributed by atoms with Crippen molar-refractivity contribution in [1.29, 1.82) is 0 Å². The molecule has 20 heavy (non-hydrogen) atoms. The Bertz CT molecular complexity index is 877. The van der Waals surface area contributed by atoms with Crippen LogP contribution in [0.5, 0.6) is 0 Å². The highest BCUT2D eigenvalue weighted by Crippen LogP contribution is 2.27. The van der Waals surface area contributed by atoms with Gasteiger partial charge < -0.3 is 4.42 Å². The molecule has 0 atom stereocenters. The van der Waals surface area contributed by atoms with Crippen LogP contribution in [-0.4, -0.2) is 9.78 Å². The zero-order chi connectivity index (χ0) is 14.4. The molecule has 5 heteroatoms. The van der Waals surface area contributed by atoms with Crippen molar-refractivity contribution in [3.63, 3.8) is 0 Å². The minimum absolute atomic E-state index is 0.385. The van der Waals surface area contributed by atoms with Crippen LogP contribution >= 0.6 is 15.9 Å². The average Bonchev–Trinajstić information content (AvgIpc) is 2.73. The predicted molar refractivity (Wildman–Crippen MR) is 81.5 cm³/mol. The van der Waals surface area contributed by atoms with Crippen molar-refractivity contribution in [2.45, 2.75) is 20.8 Å². The van der Waals surface area contributed by atoms with Gasteiger partial charge in [-0.15, -0.1) is 0 Å². The topological polar surface area (TPSA) is 48.0 Å². The van der Waals surface area contributed by atoms with Crippen LogP contribution in [0.2, 0.25) is 0 Å². The molecule has 0 fully saturated rings. The zero-order valence-electron chi connectivity index (χ0n) is 11.4. The summed E-state index contributed by atoms with van der Waals surface area (Å²) in [6, 6.07) is 7.91. The van der Waals surface area contributed by atoms with Gasteiger partial charge in [0.05, 0.1) is 16.8 Å². The van der Waals surface area contributed by atoms with Gasteiger partial charge in [0.15, 0.2) is 0 Å². The molecule has 0 unspecified atom stereocenters. The molecular formula is C15H13BrN2O2. The Labute approximate surface area is 124 Å². The normalized spacial score (nSPS) is 11.2. The maximum atomic E-state index is 11.9. The number of fused-ring (bicyclic) bond motifs is 1. The van der Waals surface area contributed by atoms with E-state index in [1.165, 1.54) is 0 Å².